The Kier molecular flexibility index (Phi) is 5.38. The second-order valence-corrected chi connectivity index (χ2v) is 6.79. The van der Waals surface area contributed by atoms with Crippen molar-refractivity contribution in [3.63, 3.8) is 0 Å². The highest BCUT2D eigenvalue weighted by Crippen LogP contribution is 2.21. The first-order chi connectivity index (χ1) is 9.56. The normalized spacial score (nSPS) is 14.4. The standard InChI is InChI=1S/C18H25NS/c1-13(2)11-16-5-7-17(8-6-16)14(3)19-15(4)18-9-10-20-12-18/h5-10,12-15,19H,11H2,1-4H3. The lowest BCUT2D eigenvalue weighted by molar-refractivity contribution is 0.495. The maximum absolute atomic E-state index is 3.67. The van der Waals surface area contributed by atoms with Gasteiger partial charge in [-0.1, -0.05) is 38.1 Å². The van der Waals surface area contributed by atoms with E-state index < -0.39 is 0 Å². The van der Waals surface area contributed by atoms with Crippen LogP contribution >= 0.6 is 11.3 Å². The highest BCUT2D eigenvalue weighted by Gasteiger charge is 2.11. The number of benzene rings is 1. The summed E-state index contributed by atoms with van der Waals surface area (Å²) in [5.74, 6) is 0.718. The van der Waals surface area contributed by atoms with Crippen LogP contribution in [0, 0.1) is 5.92 Å². The first-order valence-corrected chi connectivity index (χ1v) is 8.37. The fourth-order valence-electron chi connectivity index (χ4n) is 2.50. The second-order valence-electron chi connectivity index (χ2n) is 6.01. The first-order valence-electron chi connectivity index (χ1n) is 7.43. The maximum atomic E-state index is 3.67. The summed E-state index contributed by atoms with van der Waals surface area (Å²) in [7, 11) is 0. The molecule has 1 heterocycles. The van der Waals surface area contributed by atoms with Crippen molar-refractivity contribution in [2.75, 3.05) is 0 Å². The van der Waals surface area contributed by atoms with Gasteiger partial charge in [0, 0.05) is 12.1 Å². The molecule has 0 bridgehead atoms. The Labute approximate surface area is 127 Å². The summed E-state index contributed by atoms with van der Waals surface area (Å²) in [6, 6.07) is 12.0. The fourth-order valence-corrected chi connectivity index (χ4v) is 3.26. The van der Waals surface area contributed by atoms with Crippen LogP contribution in [0.25, 0.3) is 0 Å². The van der Waals surface area contributed by atoms with Gasteiger partial charge in [0.2, 0.25) is 0 Å². The topological polar surface area (TPSA) is 12.0 Å². The number of rotatable bonds is 6. The molecule has 0 radical (unpaired) electrons. The van der Waals surface area contributed by atoms with Crippen LogP contribution < -0.4 is 5.32 Å². The van der Waals surface area contributed by atoms with Crippen molar-refractivity contribution in [1.82, 2.24) is 5.32 Å². The van der Waals surface area contributed by atoms with Crippen molar-refractivity contribution in [2.24, 2.45) is 5.92 Å². The van der Waals surface area contributed by atoms with E-state index in [1.165, 1.54) is 16.7 Å². The summed E-state index contributed by atoms with van der Waals surface area (Å²) in [5, 5.41) is 8.02. The zero-order valence-corrected chi connectivity index (χ0v) is 13.7. The van der Waals surface area contributed by atoms with Crippen LogP contribution in [-0.4, -0.2) is 0 Å². The Morgan fingerprint density at radius 2 is 1.55 bits per heavy atom. The molecule has 0 aliphatic rings. The van der Waals surface area contributed by atoms with E-state index in [9.17, 15) is 0 Å². The number of hydrogen-bond donors (Lipinski definition) is 1. The third-order valence-corrected chi connectivity index (χ3v) is 4.37. The minimum atomic E-state index is 0.373. The molecule has 108 valence electrons. The number of nitrogens with one attached hydrogen (secondary N) is 1. The smallest absolute Gasteiger partial charge is 0.0305 e. The van der Waals surface area contributed by atoms with Crippen LogP contribution in [0.4, 0.5) is 0 Å². The predicted molar refractivity (Wildman–Crippen MR) is 89.3 cm³/mol. The van der Waals surface area contributed by atoms with E-state index in [0.717, 1.165) is 12.3 Å². The van der Waals surface area contributed by atoms with Crippen LogP contribution in [0.1, 0.15) is 56.5 Å². The molecule has 1 nitrogen and oxygen atoms in total. The minimum absolute atomic E-state index is 0.373. The summed E-state index contributed by atoms with van der Waals surface area (Å²) >= 11 is 1.76. The average molecular weight is 287 g/mol. The molecule has 1 N–H and O–H groups in total. The molecule has 1 aromatic carbocycles. The van der Waals surface area contributed by atoms with Crippen molar-refractivity contribution in [3.05, 3.63) is 57.8 Å². The largest absolute Gasteiger partial charge is 0.304 e. The van der Waals surface area contributed by atoms with Crippen molar-refractivity contribution in [2.45, 2.75) is 46.2 Å². The van der Waals surface area contributed by atoms with Crippen molar-refractivity contribution >= 4 is 11.3 Å². The molecule has 2 rings (SSSR count). The highest BCUT2D eigenvalue weighted by molar-refractivity contribution is 7.07. The molecule has 0 fully saturated rings. The van der Waals surface area contributed by atoms with E-state index >= 15 is 0 Å². The lowest BCUT2D eigenvalue weighted by Gasteiger charge is -2.20. The lowest BCUT2D eigenvalue weighted by Crippen LogP contribution is -2.22. The molecule has 2 unspecified atom stereocenters. The second kappa shape index (κ2) is 7.05. The average Bonchev–Trinajstić information content (AvgIpc) is 2.92. The molecular weight excluding hydrogens is 262 g/mol. The molecule has 0 aliphatic heterocycles. The van der Waals surface area contributed by atoms with Crippen LogP contribution in [0.2, 0.25) is 0 Å². The Hall–Kier alpha value is -1.12. The lowest BCUT2D eigenvalue weighted by atomic mass is 9.99. The maximum Gasteiger partial charge on any atom is 0.0305 e. The van der Waals surface area contributed by atoms with Gasteiger partial charge in [-0.05, 0) is 59.7 Å². The number of thiophene rings is 1. The van der Waals surface area contributed by atoms with Crippen LogP contribution in [0.15, 0.2) is 41.1 Å². The SMILES string of the molecule is CC(C)Cc1ccc(C(C)NC(C)c2ccsc2)cc1. The minimum Gasteiger partial charge on any atom is -0.304 e. The van der Waals surface area contributed by atoms with Gasteiger partial charge in [0.15, 0.2) is 0 Å². The van der Waals surface area contributed by atoms with Gasteiger partial charge in [-0.3, -0.25) is 0 Å². The Bertz CT molecular complexity index is 499. The van der Waals surface area contributed by atoms with E-state index in [-0.39, 0.29) is 0 Å². The molecule has 0 spiro atoms. The van der Waals surface area contributed by atoms with Crippen LogP contribution in [0.5, 0.6) is 0 Å². The number of hydrogen-bond acceptors (Lipinski definition) is 2. The van der Waals surface area contributed by atoms with Gasteiger partial charge in [0.1, 0.15) is 0 Å². The molecule has 1 aromatic heterocycles. The molecule has 0 amide bonds. The highest BCUT2D eigenvalue weighted by atomic mass is 32.1. The van der Waals surface area contributed by atoms with E-state index in [1.807, 2.05) is 0 Å². The first kappa shape index (κ1) is 15.3. The summed E-state index contributed by atoms with van der Waals surface area (Å²) in [6.45, 7) is 8.99. The zero-order valence-electron chi connectivity index (χ0n) is 12.9. The molecule has 20 heavy (non-hydrogen) atoms. The van der Waals surface area contributed by atoms with Crippen LogP contribution in [-0.2, 0) is 6.42 Å². The quantitative estimate of drug-likeness (QED) is 0.754. The molecular formula is C18H25NS. The molecule has 0 aliphatic carbocycles. The third kappa shape index (κ3) is 4.19. The predicted octanol–water partition coefficient (Wildman–Crippen LogP) is 5.36. The van der Waals surface area contributed by atoms with Crippen LogP contribution in [0.3, 0.4) is 0 Å². The Morgan fingerprint density at radius 3 is 2.10 bits per heavy atom. The van der Waals surface area contributed by atoms with Gasteiger partial charge in [0.05, 0.1) is 0 Å². The van der Waals surface area contributed by atoms with Crippen molar-refractivity contribution < 1.29 is 0 Å². The molecule has 2 aromatic rings. The van der Waals surface area contributed by atoms with Gasteiger partial charge in [-0.2, -0.15) is 11.3 Å². The van der Waals surface area contributed by atoms with Gasteiger partial charge >= 0.3 is 0 Å². The van der Waals surface area contributed by atoms with Gasteiger partial charge in [-0.25, -0.2) is 0 Å². The van der Waals surface area contributed by atoms with Gasteiger partial charge in [0.25, 0.3) is 0 Å². The zero-order chi connectivity index (χ0) is 14.5. The van der Waals surface area contributed by atoms with Gasteiger partial charge < -0.3 is 5.32 Å². The third-order valence-electron chi connectivity index (χ3n) is 3.67. The Morgan fingerprint density at radius 1 is 0.900 bits per heavy atom. The van der Waals surface area contributed by atoms with Crippen molar-refractivity contribution in [3.8, 4) is 0 Å². The molecule has 2 heteroatoms. The van der Waals surface area contributed by atoms with E-state index in [2.05, 4.69) is 74.1 Å². The molecule has 0 saturated heterocycles. The molecule has 2 atom stereocenters. The monoisotopic (exact) mass is 287 g/mol. The summed E-state index contributed by atoms with van der Waals surface area (Å²) in [5.41, 5.74) is 4.17. The van der Waals surface area contributed by atoms with Gasteiger partial charge in [-0.15, -0.1) is 0 Å². The fraction of sp³-hybridized carbons (Fsp3) is 0.444. The van der Waals surface area contributed by atoms with E-state index in [0.29, 0.717) is 12.1 Å². The summed E-state index contributed by atoms with van der Waals surface area (Å²) in [6.07, 6.45) is 1.16. The summed E-state index contributed by atoms with van der Waals surface area (Å²) < 4.78 is 0. The Balaban J connectivity index is 1.97. The van der Waals surface area contributed by atoms with E-state index in [1.54, 1.807) is 11.3 Å². The summed E-state index contributed by atoms with van der Waals surface area (Å²) in [4.78, 5) is 0. The molecule has 0 saturated carbocycles. The van der Waals surface area contributed by atoms with E-state index in [4.69, 9.17) is 0 Å². The van der Waals surface area contributed by atoms with Crippen molar-refractivity contribution in [1.29, 1.82) is 0 Å².